The molecule has 13 heteroatoms. The summed E-state index contributed by atoms with van der Waals surface area (Å²) < 4.78 is 32.4. The van der Waals surface area contributed by atoms with Crippen LogP contribution in [0.5, 0.6) is 0 Å². The number of non-ortho nitro benzene ring substituents is 1. The summed E-state index contributed by atoms with van der Waals surface area (Å²) in [6.07, 6.45) is 0.722. The topological polar surface area (TPSA) is 174 Å². The first-order valence-corrected chi connectivity index (χ1v) is 11.6. The number of anilines is 1. The highest BCUT2D eigenvalue weighted by Gasteiger charge is 2.22. The van der Waals surface area contributed by atoms with Gasteiger partial charge in [-0.15, -0.1) is 0 Å². The van der Waals surface area contributed by atoms with Gasteiger partial charge in [0.25, 0.3) is 21.6 Å². The Morgan fingerprint density at radius 2 is 1.79 bits per heavy atom. The van der Waals surface area contributed by atoms with Crippen LogP contribution in [0.2, 0.25) is 0 Å². The lowest BCUT2D eigenvalue weighted by Gasteiger charge is -2.12. The minimum absolute atomic E-state index is 0.161. The van der Waals surface area contributed by atoms with Crippen LogP contribution in [-0.2, 0) is 19.6 Å². The van der Waals surface area contributed by atoms with E-state index in [9.17, 15) is 32.9 Å². The van der Waals surface area contributed by atoms with Crippen molar-refractivity contribution in [2.45, 2.75) is 25.2 Å². The van der Waals surface area contributed by atoms with Crippen molar-refractivity contribution >= 4 is 39.3 Å². The number of rotatable bonds is 10. The molecule has 0 radical (unpaired) electrons. The Labute approximate surface area is 195 Å². The van der Waals surface area contributed by atoms with Crippen LogP contribution in [0, 0.1) is 16.0 Å². The van der Waals surface area contributed by atoms with Gasteiger partial charge in [-0.25, -0.2) is 18.0 Å². The molecule has 0 aliphatic rings. The first-order valence-electron chi connectivity index (χ1n) is 10.1. The van der Waals surface area contributed by atoms with Crippen molar-refractivity contribution in [2.75, 3.05) is 17.9 Å². The summed E-state index contributed by atoms with van der Waals surface area (Å²) >= 11 is 0. The summed E-state index contributed by atoms with van der Waals surface area (Å²) in [6, 6.07) is 9.11. The number of para-hydroxylation sites is 1. The number of hydrogen-bond acceptors (Lipinski definition) is 8. The second-order valence-electron chi connectivity index (χ2n) is 7.47. The average molecular weight is 493 g/mol. The molecule has 2 rings (SSSR count). The number of imide groups is 1. The number of benzene rings is 2. The van der Waals surface area contributed by atoms with Gasteiger partial charge < -0.3 is 10.1 Å². The predicted molar refractivity (Wildman–Crippen MR) is 122 cm³/mol. The highest BCUT2D eigenvalue weighted by Crippen LogP contribution is 2.23. The van der Waals surface area contributed by atoms with Crippen LogP contribution >= 0.6 is 0 Å². The molecule has 0 bridgehead atoms. The van der Waals surface area contributed by atoms with Crippen molar-refractivity contribution in [3.63, 3.8) is 0 Å². The number of carbonyl (C=O) groups excluding carboxylic acids is 3. The lowest BCUT2D eigenvalue weighted by Crippen LogP contribution is -2.42. The number of sulfonamides is 1. The Hall–Kier alpha value is -4.00. The van der Waals surface area contributed by atoms with Crippen LogP contribution in [-0.4, -0.2) is 44.4 Å². The number of nitro groups is 1. The van der Waals surface area contributed by atoms with E-state index in [1.165, 1.54) is 30.3 Å². The lowest BCUT2D eigenvalue weighted by molar-refractivity contribution is -0.385. The van der Waals surface area contributed by atoms with Crippen molar-refractivity contribution < 1.29 is 32.5 Å². The van der Waals surface area contributed by atoms with Gasteiger partial charge in [-0.1, -0.05) is 32.0 Å². The minimum atomic E-state index is -4.28. The van der Waals surface area contributed by atoms with Gasteiger partial charge in [0, 0.05) is 18.7 Å². The van der Waals surface area contributed by atoms with Gasteiger partial charge in [0.2, 0.25) is 0 Å². The highest BCUT2D eigenvalue weighted by molar-refractivity contribution is 7.92. The van der Waals surface area contributed by atoms with E-state index in [0.717, 1.165) is 24.6 Å². The summed E-state index contributed by atoms with van der Waals surface area (Å²) in [5.74, 6) is -1.52. The Bertz CT molecular complexity index is 1180. The van der Waals surface area contributed by atoms with Crippen molar-refractivity contribution in [3.8, 4) is 0 Å². The van der Waals surface area contributed by atoms with Crippen LogP contribution in [0.15, 0.2) is 53.4 Å². The second kappa shape index (κ2) is 11.7. The Morgan fingerprint density at radius 1 is 1.09 bits per heavy atom. The summed E-state index contributed by atoms with van der Waals surface area (Å²) in [5.41, 5.74) is -0.786. The van der Waals surface area contributed by atoms with E-state index < -0.39 is 45.1 Å². The summed E-state index contributed by atoms with van der Waals surface area (Å²) in [4.78, 5) is 45.8. The third-order valence-corrected chi connectivity index (χ3v) is 5.69. The largest absolute Gasteiger partial charge is 0.452 e. The smallest absolute Gasteiger partial charge is 0.340 e. The molecule has 3 N–H and O–H groups in total. The van der Waals surface area contributed by atoms with E-state index in [1.54, 1.807) is 0 Å². The Balaban J connectivity index is 2.03. The molecule has 182 valence electrons. The van der Waals surface area contributed by atoms with Crippen LogP contribution in [0.3, 0.4) is 0 Å². The minimum Gasteiger partial charge on any atom is -0.452 e. The number of nitro benzene ring substituents is 1. The first kappa shape index (κ1) is 26.3. The van der Waals surface area contributed by atoms with Crippen molar-refractivity contribution in [1.29, 1.82) is 0 Å². The maximum atomic E-state index is 12.7. The summed E-state index contributed by atoms with van der Waals surface area (Å²) in [5, 5.41) is 15.4. The third-order valence-electron chi connectivity index (χ3n) is 4.32. The zero-order valence-electron chi connectivity index (χ0n) is 18.4. The van der Waals surface area contributed by atoms with Crippen LogP contribution in [0.25, 0.3) is 0 Å². The van der Waals surface area contributed by atoms with E-state index in [4.69, 9.17) is 4.74 Å². The molecular formula is C21H24N4O8S. The van der Waals surface area contributed by atoms with Crippen LogP contribution in [0.4, 0.5) is 16.2 Å². The quantitative estimate of drug-likeness (QED) is 0.257. The molecule has 0 atom stereocenters. The molecule has 34 heavy (non-hydrogen) atoms. The molecule has 0 saturated carbocycles. The number of nitrogens with one attached hydrogen (secondary N) is 3. The molecule has 2 aromatic carbocycles. The van der Waals surface area contributed by atoms with E-state index >= 15 is 0 Å². The normalized spacial score (nSPS) is 10.9. The number of esters is 1. The van der Waals surface area contributed by atoms with Crippen molar-refractivity contribution in [2.24, 2.45) is 5.92 Å². The molecule has 0 aromatic heterocycles. The summed E-state index contributed by atoms with van der Waals surface area (Å²) in [7, 11) is -4.28. The fourth-order valence-electron chi connectivity index (χ4n) is 2.61. The van der Waals surface area contributed by atoms with Crippen molar-refractivity contribution in [1.82, 2.24) is 10.6 Å². The van der Waals surface area contributed by atoms with Gasteiger partial charge >= 0.3 is 12.0 Å². The molecule has 12 nitrogen and oxygen atoms in total. The Morgan fingerprint density at radius 3 is 2.47 bits per heavy atom. The van der Waals surface area contributed by atoms with E-state index in [1.807, 2.05) is 19.2 Å². The number of ether oxygens (including phenoxy) is 1. The molecule has 0 saturated heterocycles. The van der Waals surface area contributed by atoms with Gasteiger partial charge in [-0.3, -0.25) is 24.9 Å². The number of carbonyl (C=O) groups is 3. The highest BCUT2D eigenvalue weighted by atomic mass is 32.2. The number of nitrogens with zero attached hydrogens (tertiary/aromatic N) is 1. The second-order valence-corrected chi connectivity index (χ2v) is 9.15. The van der Waals surface area contributed by atoms with E-state index in [0.29, 0.717) is 12.5 Å². The molecule has 2 aromatic rings. The van der Waals surface area contributed by atoms with Gasteiger partial charge in [-0.2, -0.15) is 0 Å². The third kappa shape index (κ3) is 7.85. The molecular weight excluding hydrogens is 468 g/mol. The average Bonchev–Trinajstić information content (AvgIpc) is 2.77. The van der Waals surface area contributed by atoms with E-state index in [2.05, 4.69) is 10.0 Å². The molecule has 0 aliphatic heterocycles. The molecule has 0 spiro atoms. The molecule has 3 amide bonds. The first-order chi connectivity index (χ1) is 16.0. The monoisotopic (exact) mass is 492 g/mol. The Kier molecular flexibility index (Phi) is 9.07. The molecule has 0 fully saturated rings. The number of amides is 3. The number of urea groups is 1. The van der Waals surface area contributed by atoms with Crippen molar-refractivity contribution in [3.05, 3.63) is 64.2 Å². The van der Waals surface area contributed by atoms with E-state index in [-0.39, 0.29) is 16.1 Å². The SMILES string of the molecule is CC(C)CCNC(=O)NC(=O)COC(=O)c1ccccc1NS(=O)(=O)c1cccc([N+](=O)[O-])c1. The molecule has 0 heterocycles. The van der Waals surface area contributed by atoms with Gasteiger partial charge in [-0.05, 0) is 30.5 Å². The van der Waals surface area contributed by atoms with Crippen LogP contribution in [0.1, 0.15) is 30.6 Å². The lowest BCUT2D eigenvalue weighted by atomic mass is 10.1. The molecule has 0 aliphatic carbocycles. The standard InChI is InChI=1S/C21H24N4O8S/c1-14(2)10-11-22-21(28)23-19(26)13-33-20(27)17-8-3-4-9-18(17)24-34(31,32)16-7-5-6-15(12-16)25(29)30/h3-9,12,14,24H,10-11,13H2,1-2H3,(H2,22,23,26,28). The zero-order chi connectivity index (χ0) is 25.3. The van der Waals surface area contributed by atoms with Crippen LogP contribution < -0.4 is 15.4 Å². The van der Waals surface area contributed by atoms with Gasteiger partial charge in [0.05, 0.1) is 21.1 Å². The maximum Gasteiger partial charge on any atom is 0.340 e. The number of hydrogen-bond donors (Lipinski definition) is 3. The predicted octanol–water partition coefficient (Wildman–Crippen LogP) is 2.42. The summed E-state index contributed by atoms with van der Waals surface area (Å²) in [6.45, 7) is 3.55. The van der Waals surface area contributed by atoms with Gasteiger partial charge in [0.15, 0.2) is 6.61 Å². The zero-order valence-corrected chi connectivity index (χ0v) is 19.3. The maximum absolute atomic E-state index is 12.7. The fourth-order valence-corrected chi connectivity index (χ4v) is 3.73. The van der Waals surface area contributed by atoms with Gasteiger partial charge in [0.1, 0.15) is 0 Å². The molecule has 0 unspecified atom stereocenters. The fraction of sp³-hybridized carbons (Fsp3) is 0.286.